The number of carbonyl (C=O) groups excluding carboxylic acids is 3. The number of nitrogens with zero attached hydrogens (tertiary/aromatic N) is 2. The van der Waals surface area contributed by atoms with E-state index in [1.54, 1.807) is 41.0 Å². The second-order valence-electron chi connectivity index (χ2n) is 7.82. The Balaban J connectivity index is 1.40. The number of piperidine rings is 1. The van der Waals surface area contributed by atoms with Crippen molar-refractivity contribution in [3.05, 3.63) is 63.1 Å². The first-order chi connectivity index (χ1) is 14.3. The fourth-order valence-corrected chi connectivity index (χ4v) is 4.57. The van der Waals surface area contributed by atoms with Crippen LogP contribution in [0.15, 0.2) is 36.4 Å². The summed E-state index contributed by atoms with van der Waals surface area (Å²) in [7, 11) is 0. The summed E-state index contributed by atoms with van der Waals surface area (Å²) in [5, 5.41) is 0.796. The number of rotatable bonds is 3. The van der Waals surface area contributed by atoms with E-state index in [1.807, 2.05) is 12.1 Å². The van der Waals surface area contributed by atoms with Crippen molar-refractivity contribution in [2.24, 2.45) is 5.92 Å². The zero-order valence-corrected chi connectivity index (χ0v) is 18.2. The molecule has 1 fully saturated rings. The average Bonchev–Trinajstić information content (AvgIpc) is 3.18. The maximum Gasteiger partial charge on any atom is 0.253 e. The van der Waals surface area contributed by atoms with E-state index in [2.05, 4.69) is 0 Å². The van der Waals surface area contributed by atoms with Crippen molar-refractivity contribution in [3.8, 4) is 0 Å². The standard InChI is InChI=1S/C23H22Cl2N2O3/c1-14(28)27-11-8-16-12-18(3-5-21(16)27)23(30)26-9-6-15(7-10-26)22(29)17-2-4-19(24)20(25)13-17/h2-5,12-13,15H,6-11H2,1H3. The number of hydrogen-bond acceptors (Lipinski definition) is 3. The molecule has 7 heteroatoms. The molecule has 5 nitrogen and oxygen atoms in total. The second-order valence-corrected chi connectivity index (χ2v) is 8.64. The number of halogens is 2. The molecule has 2 aliphatic heterocycles. The van der Waals surface area contributed by atoms with Gasteiger partial charge in [0, 0.05) is 49.3 Å². The average molecular weight is 445 g/mol. The lowest BCUT2D eigenvalue weighted by atomic mass is 9.88. The van der Waals surface area contributed by atoms with Gasteiger partial charge in [0.2, 0.25) is 5.91 Å². The quantitative estimate of drug-likeness (QED) is 0.647. The van der Waals surface area contributed by atoms with Crippen LogP contribution in [0.1, 0.15) is 46.0 Å². The Kier molecular flexibility index (Phi) is 5.85. The van der Waals surface area contributed by atoms with E-state index in [0.717, 1.165) is 17.7 Å². The van der Waals surface area contributed by atoms with Gasteiger partial charge in [0.15, 0.2) is 5.78 Å². The number of fused-ring (bicyclic) bond motifs is 1. The molecular formula is C23H22Cl2N2O3. The molecule has 2 amide bonds. The summed E-state index contributed by atoms with van der Waals surface area (Å²) >= 11 is 12.0. The smallest absolute Gasteiger partial charge is 0.253 e. The topological polar surface area (TPSA) is 57.7 Å². The van der Waals surface area contributed by atoms with Gasteiger partial charge >= 0.3 is 0 Å². The fraction of sp³-hybridized carbons (Fsp3) is 0.348. The van der Waals surface area contributed by atoms with Crippen LogP contribution in [0.2, 0.25) is 10.0 Å². The Morgan fingerprint density at radius 3 is 2.27 bits per heavy atom. The van der Waals surface area contributed by atoms with Crippen LogP contribution in [0.3, 0.4) is 0 Å². The first kappa shape index (κ1) is 20.9. The van der Waals surface area contributed by atoms with Gasteiger partial charge in [0.1, 0.15) is 0 Å². The van der Waals surface area contributed by atoms with Gasteiger partial charge in [-0.3, -0.25) is 14.4 Å². The summed E-state index contributed by atoms with van der Waals surface area (Å²) in [5.41, 5.74) is 3.11. The van der Waals surface area contributed by atoms with Crippen molar-refractivity contribution in [1.29, 1.82) is 0 Å². The first-order valence-electron chi connectivity index (χ1n) is 10.0. The Morgan fingerprint density at radius 2 is 1.60 bits per heavy atom. The van der Waals surface area contributed by atoms with E-state index in [9.17, 15) is 14.4 Å². The zero-order chi connectivity index (χ0) is 21.4. The Morgan fingerprint density at radius 1 is 0.900 bits per heavy atom. The molecular weight excluding hydrogens is 423 g/mol. The third kappa shape index (κ3) is 3.96. The van der Waals surface area contributed by atoms with Crippen molar-refractivity contribution in [2.75, 3.05) is 24.5 Å². The third-order valence-corrected chi connectivity index (χ3v) is 6.70. The van der Waals surface area contributed by atoms with Crippen LogP contribution < -0.4 is 4.90 Å². The molecule has 0 atom stereocenters. The van der Waals surface area contributed by atoms with Gasteiger partial charge in [-0.1, -0.05) is 23.2 Å². The molecule has 2 aromatic carbocycles. The van der Waals surface area contributed by atoms with Crippen LogP contribution in [0.4, 0.5) is 5.69 Å². The molecule has 156 valence electrons. The molecule has 1 saturated heterocycles. The van der Waals surface area contributed by atoms with Gasteiger partial charge in [-0.2, -0.15) is 0 Å². The lowest BCUT2D eigenvalue weighted by Gasteiger charge is -2.31. The minimum atomic E-state index is -0.129. The number of likely N-dealkylation sites (tertiary alicyclic amines) is 1. The minimum absolute atomic E-state index is 0.0153. The molecule has 0 bridgehead atoms. The molecule has 0 N–H and O–H groups in total. The summed E-state index contributed by atoms with van der Waals surface area (Å²) in [6.07, 6.45) is 2.00. The number of benzene rings is 2. The molecule has 0 saturated carbocycles. The van der Waals surface area contributed by atoms with Crippen molar-refractivity contribution >= 4 is 46.5 Å². The van der Waals surface area contributed by atoms with E-state index in [4.69, 9.17) is 23.2 Å². The van der Waals surface area contributed by atoms with E-state index >= 15 is 0 Å². The zero-order valence-electron chi connectivity index (χ0n) is 16.7. The normalized spacial score (nSPS) is 16.5. The summed E-state index contributed by atoms with van der Waals surface area (Å²) in [4.78, 5) is 41.0. The van der Waals surface area contributed by atoms with Crippen molar-refractivity contribution in [2.45, 2.75) is 26.2 Å². The highest BCUT2D eigenvalue weighted by Crippen LogP contribution is 2.31. The molecule has 0 aliphatic carbocycles. The Labute approximate surface area is 185 Å². The molecule has 0 spiro atoms. The van der Waals surface area contributed by atoms with Gasteiger partial charge in [0.05, 0.1) is 10.0 Å². The lowest BCUT2D eigenvalue weighted by Crippen LogP contribution is -2.40. The van der Waals surface area contributed by atoms with Crippen LogP contribution in [0.25, 0.3) is 0 Å². The van der Waals surface area contributed by atoms with Crippen molar-refractivity contribution in [3.63, 3.8) is 0 Å². The lowest BCUT2D eigenvalue weighted by molar-refractivity contribution is -0.116. The number of amides is 2. The number of anilines is 1. The predicted octanol–water partition coefficient (Wildman–Crippen LogP) is 4.64. The van der Waals surface area contributed by atoms with E-state index < -0.39 is 0 Å². The number of ketones is 1. The number of carbonyl (C=O) groups is 3. The summed E-state index contributed by atoms with van der Waals surface area (Å²) in [6, 6.07) is 10.5. The van der Waals surface area contributed by atoms with Crippen molar-refractivity contribution < 1.29 is 14.4 Å². The molecule has 2 heterocycles. The highest BCUT2D eigenvalue weighted by Gasteiger charge is 2.30. The molecule has 0 radical (unpaired) electrons. The van der Waals surface area contributed by atoms with Gasteiger partial charge in [-0.05, 0) is 61.2 Å². The van der Waals surface area contributed by atoms with E-state index in [-0.39, 0.29) is 23.5 Å². The first-order valence-corrected chi connectivity index (χ1v) is 10.8. The van der Waals surface area contributed by atoms with Crippen molar-refractivity contribution in [1.82, 2.24) is 4.90 Å². The predicted molar refractivity (Wildman–Crippen MR) is 118 cm³/mol. The van der Waals surface area contributed by atoms with Gasteiger partial charge in [-0.15, -0.1) is 0 Å². The van der Waals surface area contributed by atoms with E-state index in [0.29, 0.717) is 53.6 Å². The molecule has 0 unspecified atom stereocenters. The highest BCUT2D eigenvalue weighted by molar-refractivity contribution is 6.42. The fourth-order valence-electron chi connectivity index (χ4n) is 4.27. The maximum atomic E-state index is 13.0. The van der Waals surface area contributed by atoms with Crippen LogP contribution in [-0.4, -0.2) is 42.1 Å². The summed E-state index contributed by atoms with van der Waals surface area (Å²) in [6.45, 7) is 3.28. The summed E-state index contributed by atoms with van der Waals surface area (Å²) < 4.78 is 0. The molecule has 0 aromatic heterocycles. The number of hydrogen-bond donors (Lipinski definition) is 0. The molecule has 4 rings (SSSR count). The monoisotopic (exact) mass is 444 g/mol. The largest absolute Gasteiger partial charge is 0.339 e. The van der Waals surface area contributed by atoms with Gasteiger partial charge in [0.25, 0.3) is 5.91 Å². The molecule has 2 aliphatic rings. The Hall–Kier alpha value is -2.37. The van der Waals surface area contributed by atoms with E-state index in [1.165, 1.54) is 0 Å². The van der Waals surface area contributed by atoms with Gasteiger partial charge < -0.3 is 9.80 Å². The summed E-state index contributed by atoms with van der Waals surface area (Å²) in [5.74, 6) is -0.0981. The number of Topliss-reactive ketones (excluding diaryl/α,β-unsaturated/α-hetero) is 1. The van der Waals surface area contributed by atoms with Crippen LogP contribution in [0.5, 0.6) is 0 Å². The third-order valence-electron chi connectivity index (χ3n) is 5.96. The maximum absolute atomic E-state index is 13.0. The molecule has 30 heavy (non-hydrogen) atoms. The van der Waals surface area contributed by atoms with Gasteiger partial charge in [-0.25, -0.2) is 0 Å². The second kappa shape index (κ2) is 8.40. The highest BCUT2D eigenvalue weighted by atomic mass is 35.5. The Bertz CT molecular complexity index is 1030. The SMILES string of the molecule is CC(=O)N1CCc2cc(C(=O)N3CCC(C(=O)c4ccc(Cl)c(Cl)c4)CC3)ccc21. The molecule has 2 aromatic rings. The van der Waals surface area contributed by atoms with Crippen LogP contribution in [0, 0.1) is 5.92 Å². The van der Waals surface area contributed by atoms with Crippen LogP contribution in [-0.2, 0) is 11.2 Å². The minimum Gasteiger partial charge on any atom is -0.339 e. The van der Waals surface area contributed by atoms with Crippen LogP contribution >= 0.6 is 23.2 Å².